The highest BCUT2D eigenvalue weighted by atomic mass is 32.2. The van der Waals surface area contributed by atoms with Gasteiger partial charge in [-0.05, 0) is 24.2 Å². The van der Waals surface area contributed by atoms with Gasteiger partial charge in [-0.3, -0.25) is 0 Å². The molecule has 0 aromatic rings. The van der Waals surface area contributed by atoms with E-state index in [9.17, 15) is 0 Å². The van der Waals surface area contributed by atoms with Crippen molar-refractivity contribution in [1.82, 2.24) is 0 Å². The van der Waals surface area contributed by atoms with Gasteiger partial charge in [-0.1, -0.05) is 48.5 Å². The first kappa shape index (κ1) is 14.4. The Kier molecular flexibility index (Phi) is 4.76. The zero-order chi connectivity index (χ0) is 12.5. The fraction of sp³-hybridized carbons (Fsp3) is 1.00. The predicted molar refractivity (Wildman–Crippen MR) is 73.8 cm³/mol. The molecule has 16 heavy (non-hydrogen) atoms. The lowest BCUT2D eigenvalue weighted by Gasteiger charge is -2.45. The second kappa shape index (κ2) is 5.30. The second-order valence-corrected chi connectivity index (χ2v) is 8.18. The number of ether oxygens (including phenoxy) is 1. The van der Waals surface area contributed by atoms with Crippen LogP contribution < -0.4 is 0 Å². The maximum Gasteiger partial charge on any atom is 0.106 e. The molecule has 0 amide bonds. The van der Waals surface area contributed by atoms with Gasteiger partial charge in [0.25, 0.3) is 0 Å². The van der Waals surface area contributed by atoms with Crippen LogP contribution in [-0.2, 0) is 4.74 Å². The van der Waals surface area contributed by atoms with Crippen LogP contribution in [0.25, 0.3) is 0 Å². The summed E-state index contributed by atoms with van der Waals surface area (Å²) in [4.78, 5) is 0. The van der Waals surface area contributed by atoms with E-state index < -0.39 is 0 Å². The van der Waals surface area contributed by atoms with Crippen LogP contribution >= 0.6 is 11.8 Å². The molecule has 1 heterocycles. The van der Waals surface area contributed by atoms with Crippen LogP contribution in [0.3, 0.4) is 0 Å². The standard InChI is InChI=1S/C14H28OS/c1-8-12-10(3)9(2)11(4)13(15-12)16-14(5,6)7/h9-13H,8H2,1-7H3/t9-,10-,11+,12+,13-/m0/s1. The Morgan fingerprint density at radius 1 is 1.00 bits per heavy atom. The van der Waals surface area contributed by atoms with Crippen molar-refractivity contribution in [3.8, 4) is 0 Å². The normalized spacial score (nSPS) is 41.1. The third-order valence-corrected chi connectivity index (χ3v) is 5.34. The van der Waals surface area contributed by atoms with Gasteiger partial charge in [-0.15, -0.1) is 11.8 Å². The molecule has 0 spiro atoms. The quantitative estimate of drug-likeness (QED) is 0.704. The van der Waals surface area contributed by atoms with Gasteiger partial charge in [0.2, 0.25) is 0 Å². The highest BCUT2D eigenvalue weighted by Gasteiger charge is 2.39. The fourth-order valence-corrected chi connectivity index (χ4v) is 3.79. The summed E-state index contributed by atoms with van der Waals surface area (Å²) in [5.41, 5.74) is 0.371. The van der Waals surface area contributed by atoms with Crippen LogP contribution in [0.15, 0.2) is 0 Å². The summed E-state index contributed by atoms with van der Waals surface area (Å²) in [6.07, 6.45) is 1.59. The molecular weight excluding hydrogens is 216 g/mol. The minimum Gasteiger partial charge on any atom is -0.364 e. The van der Waals surface area contributed by atoms with Crippen molar-refractivity contribution in [2.45, 2.75) is 71.2 Å². The Labute approximate surface area is 106 Å². The van der Waals surface area contributed by atoms with Crippen LogP contribution in [0.5, 0.6) is 0 Å². The van der Waals surface area contributed by atoms with Gasteiger partial charge >= 0.3 is 0 Å². The summed E-state index contributed by atoms with van der Waals surface area (Å²) in [5, 5.41) is 0. The van der Waals surface area contributed by atoms with Crippen LogP contribution in [-0.4, -0.2) is 16.3 Å². The molecule has 0 aromatic heterocycles. The van der Waals surface area contributed by atoms with Gasteiger partial charge in [-0.2, -0.15) is 0 Å². The molecule has 0 aromatic carbocycles. The first-order valence-corrected chi connectivity index (χ1v) is 7.47. The molecule has 1 saturated heterocycles. The lowest BCUT2D eigenvalue weighted by molar-refractivity contribution is -0.0948. The first-order chi connectivity index (χ1) is 7.26. The molecule has 1 fully saturated rings. The van der Waals surface area contributed by atoms with Crippen LogP contribution in [0, 0.1) is 17.8 Å². The van der Waals surface area contributed by atoms with Crippen molar-refractivity contribution in [3.05, 3.63) is 0 Å². The van der Waals surface area contributed by atoms with Gasteiger partial charge in [0.05, 0.1) is 6.10 Å². The van der Waals surface area contributed by atoms with Gasteiger partial charge < -0.3 is 4.74 Å². The average molecular weight is 244 g/mol. The van der Waals surface area contributed by atoms with E-state index >= 15 is 0 Å². The minimum absolute atomic E-state index is 0.289. The average Bonchev–Trinajstić information content (AvgIpc) is 2.17. The fourth-order valence-electron chi connectivity index (χ4n) is 2.44. The van der Waals surface area contributed by atoms with E-state index in [1.807, 2.05) is 11.8 Å². The van der Waals surface area contributed by atoms with Crippen molar-refractivity contribution in [2.24, 2.45) is 17.8 Å². The maximum absolute atomic E-state index is 6.27. The second-order valence-electron chi connectivity index (χ2n) is 6.26. The molecule has 0 bridgehead atoms. The zero-order valence-corrected chi connectivity index (χ0v) is 12.7. The Balaban J connectivity index is 2.71. The topological polar surface area (TPSA) is 9.23 Å². The van der Waals surface area contributed by atoms with Crippen LogP contribution in [0.1, 0.15) is 54.9 Å². The zero-order valence-electron chi connectivity index (χ0n) is 11.9. The van der Waals surface area contributed by atoms with E-state index in [4.69, 9.17) is 4.74 Å². The van der Waals surface area contributed by atoms with E-state index in [1.54, 1.807) is 0 Å². The number of thioether (sulfide) groups is 1. The molecular formula is C14H28OS. The molecule has 0 saturated carbocycles. The summed E-state index contributed by atoms with van der Waals surface area (Å²) in [7, 11) is 0. The smallest absolute Gasteiger partial charge is 0.106 e. The molecule has 1 rings (SSSR count). The number of rotatable bonds is 2. The summed E-state index contributed by atoms with van der Waals surface area (Å²) in [6.45, 7) is 16.1. The summed E-state index contributed by atoms with van der Waals surface area (Å²) >= 11 is 1.99. The van der Waals surface area contributed by atoms with E-state index in [0.29, 0.717) is 23.4 Å². The molecule has 0 radical (unpaired) electrons. The monoisotopic (exact) mass is 244 g/mol. The maximum atomic E-state index is 6.27. The molecule has 1 aliphatic heterocycles. The third kappa shape index (κ3) is 3.40. The van der Waals surface area contributed by atoms with Crippen molar-refractivity contribution >= 4 is 11.8 Å². The minimum atomic E-state index is 0.289. The summed E-state index contributed by atoms with van der Waals surface area (Å²) < 4.78 is 6.56. The Morgan fingerprint density at radius 2 is 1.56 bits per heavy atom. The van der Waals surface area contributed by atoms with Crippen molar-refractivity contribution in [3.63, 3.8) is 0 Å². The van der Waals surface area contributed by atoms with Gasteiger partial charge in [0.15, 0.2) is 0 Å². The van der Waals surface area contributed by atoms with E-state index in [2.05, 4.69) is 48.5 Å². The summed E-state index contributed by atoms with van der Waals surface area (Å²) in [6, 6.07) is 0. The molecule has 0 N–H and O–H groups in total. The van der Waals surface area contributed by atoms with Gasteiger partial charge in [0.1, 0.15) is 5.44 Å². The van der Waals surface area contributed by atoms with Crippen molar-refractivity contribution in [1.29, 1.82) is 0 Å². The lowest BCUT2D eigenvalue weighted by atomic mass is 9.79. The molecule has 0 aliphatic carbocycles. The SMILES string of the molecule is CC[C@H]1O[C@@H](SC(C)(C)C)[C@H](C)[C@@H](C)[C@@H]1C. The summed E-state index contributed by atoms with van der Waals surface area (Å²) in [5.74, 6) is 2.11. The van der Waals surface area contributed by atoms with Gasteiger partial charge in [-0.25, -0.2) is 0 Å². The van der Waals surface area contributed by atoms with Crippen molar-refractivity contribution < 1.29 is 4.74 Å². The number of hydrogen-bond acceptors (Lipinski definition) is 2. The molecule has 1 nitrogen and oxygen atoms in total. The first-order valence-electron chi connectivity index (χ1n) is 6.59. The lowest BCUT2D eigenvalue weighted by Crippen LogP contribution is -2.44. The Hall–Kier alpha value is 0.310. The molecule has 96 valence electrons. The van der Waals surface area contributed by atoms with E-state index in [1.165, 1.54) is 0 Å². The predicted octanol–water partition coefficient (Wildman–Crippen LogP) is 4.56. The van der Waals surface area contributed by atoms with E-state index in [0.717, 1.165) is 12.3 Å². The highest BCUT2D eigenvalue weighted by Crippen LogP contribution is 2.43. The highest BCUT2D eigenvalue weighted by molar-refractivity contribution is 8.01. The van der Waals surface area contributed by atoms with Crippen molar-refractivity contribution in [2.75, 3.05) is 0 Å². The molecule has 1 aliphatic rings. The van der Waals surface area contributed by atoms with E-state index in [-0.39, 0.29) is 4.75 Å². The van der Waals surface area contributed by atoms with Gasteiger partial charge in [0, 0.05) is 4.75 Å². The number of hydrogen-bond donors (Lipinski definition) is 0. The molecule has 0 unspecified atom stereocenters. The molecule has 2 heteroatoms. The Bertz CT molecular complexity index is 219. The molecule has 5 atom stereocenters. The third-order valence-electron chi connectivity index (χ3n) is 3.86. The Morgan fingerprint density at radius 3 is 2.00 bits per heavy atom. The van der Waals surface area contributed by atoms with Crippen LogP contribution in [0.2, 0.25) is 0 Å². The van der Waals surface area contributed by atoms with Crippen LogP contribution in [0.4, 0.5) is 0 Å². The largest absolute Gasteiger partial charge is 0.364 e.